The molecular formula is C16H18ClFN2. The van der Waals surface area contributed by atoms with Gasteiger partial charge in [0, 0.05) is 34.9 Å². The highest BCUT2D eigenvalue weighted by Crippen LogP contribution is 2.33. The van der Waals surface area contributed by atoms with Crippen molar-refractivity contribution in [2.24, 2.45) is 0 Å². The number of nitrogens with zero attached hydrogens (tertiary/aromatic N) is 1. The van der Waals surface area contributed by atoms with Crippen LogP contribution in [0.3, 0.4) is 0 Å². The van der Waals surface area contributed by atoms with Gasteiger partial charge in [-0.05, 0) is 42.4 Å². The van der Waals surface area contributed by atoms with Gasteiger partial charge in [0.15, 0.2) is 0 Å². The van der Waals surface area contributed by atoms with Gasteiger partial charge in [-0.15, -0.1) is 0 Å². The number of halogens is 2. The van der Waals surface area contributed by atoms with Gasteiger partial charge in [0.1, 0.15) is 5.82 Å². The van der Waals surface area contributed by atoms with Gasteiger partial charge in [-0.2, -0.15) is 0 Å². The molecule has 106 valence electrons. The summed E-state index contributed by atoms with van der Waals surface area (Å²) < 4.78 is 14.1. The first-order chi connectivity index (χ1) is 9.63. The lowest BCUT2D eigenvalue weighted by Crippen LogP contribution is -2.26. The predicted molar refractivity (Wildman–Crippen MR) is 80.5 cm³/mol. The average Bonchev–Trinajstić information content (AvgIpc) is 2.48. The van der Waals surface area contributed by atoms with Crippen molar-refractivity contribution in [2.45, 2.75) is 25.8 Å². The zero-order valence-corrected chi connectivity index (χ0v) is 12.4. The van der Waals surface area contributed by atoms with Crippen molar-refractivity contribution >= 4 is 11.6 Å². The molecule has 0 fully saturated rings. The number of likely N-dealkylation sites (N-methyl/N-ethyl adjacent to an activating group) is 1. The second kappa shape index (κ2) is 6.82. The molecule has 2 aromatic rings. The smallest absolute Gasteiger partial charge is 0.128 e. The molecule has 2 rings (SSSR count). The van der Waals surface area contributed by atoms with Gasteiger partial charge in [0.05, 0.1) is 0 Å². The fourth-order valence-electron chi connectivity index (χ4n) is 2.39. The number of benzene rings is 1. The monoisotopic (exact) mass is 292 g/mol. The minimum atomic E-state index is -0.235. The molecule has 0 bridgehead atoms. The van der Waals surface area contributed by atoms with E-state index in [9.17, 15) is 4.39 Å². The maximum absolute atomic E-state index is 14.1. The molecule has 0 amide bonds. The Morgan fingerprint density at radius 2 is 1.95 bits per heavy atom. The van der Waals surface area contributed by atoms with Crippen LogP contribution in [0, 0.1) is 5.82 Å². The lowest BCUT2D eigenvalue weighted by atomic mass is 9.88. The number of nitrogens with one attached hydrogen (secondary N) is 1. The lowest BCUT2D eigenvalue weighted by Gasteiger charge is -2.26. The highest BCUT2D eigenvalue weighted by Gasteiger charge is 2.23. The van der Waals surface area contributed by atoms with Gasteiger partial charge in [0.25, 0.3) is 0 Å². The van der Waals surface area contributed by atoms with Crippen molar-refractivity contribution < 1.29 is 4.39 Å². The highest BCUT2D eigenvalue weighted by molar-refractivity contribution is 6.30. The van der Waals surface area contributed by atoms with Crippen LogP contribution in [0.2, 0.25) is 5.02 Å². The van der Waals surface area contributed by atoms with E-state index in [1.165, 1.54) is 6.07 Å². The normalized spacial score (nSPS) is 14.0. The molecule has 2 nitrogen and oxygen atoms in total. The molecule has 1 heterocycles. The van der Waals surface area contributed by atoms with Crippen LogP contribution < -0.4 is 5.32 Å². The molecule has 0 spiro atoms. The molecule has 0 radical (unpaired) electrons. The summed E-state index contributed by atoms with van der Waals surface area (Å²) in [5.41, 5.74) is 1.72. The largest absolute Gasteiger partial charge is 0.310 e. The third-order valence-corrected chi connectivity index (χ3v) is 3.68. The van der Waals surface area contributed by atoms with E-state index in [-0.39, 0.29) is 17.8 Å². The second-order valence-corrected chi connectivity index (χ2v) is 5.21. The van der Waals surface area contributed by atoms with Gasteiger partial charge in [0.2, 0.25) is 0 Å². The summed E-state index contributed by atoms with van der Waals surface area (Å²) in [4.78, 5) is 4.02. The molecule has 0 saturated heterocycles. The number of hydrogen-bond acceptors (Lipinski definition) is 2. The molecule has 4 heteroatoms. The van der Waals surface area contributed by atoms with Crippen LogP contribution in [0.25, 0.3) is 0 Å². The fraction of sp³-hybridized carbons (Fsp3) is 0.312. The number of hydrogen-bond donors (Lipinski definition) is 1. The van der Waals surface area contributed by atoms with Gasteiger partial charge in [-0.25, -0.2) is 4.39 Å². The number of rotatable bonds is 5. The Morgan fingerprint density at radius 3 is 2.60 bits per heavy atom. The van der Waals surface area contributed by atoms with Gasteiger partial charge < -0.3 is 5.32 Å². The average molecular weight is 293 g/mol. The van der Waals surface area contributed by atoms with E-state index in [0.29, 0.717) is 10.6 Å². The van der Waals surface area contributed by atoms with Crippen LogP contribution in [0.4, 0.5) is 4.39 Å². The van der Waals surface area contributed by atoms with E-state index in [1.807, 2.05) is 19.1 Å². The number of pyridine rings is 1. The maximum atomic E-state index is 14.1. The summed E-state index contributed by atoms with van der Waals surface area (Å²) >= 11 is 6.01. The standard InChI is InChI=1S/C16H18ClFN2/c1-3-20-16(11(2)12-6-8-19-9-7-12)14-10-13(17)4-5-15(14)18/h4-11,16,20H,3H2,1-2H3. The van der Waals surface area contributed by atoms with Crippen molar-refractivity contribution in [3.63, 3.8) is 0 Å². The van der Waals surface area contributed by atoms with E-state index < -0.39 is 0 Å². The SMILES string of the molecule is CCNC(c1cc(Cl)ccc1F)C(C)c1ccncc1. The first-order valence-electron chi connectivity index (χ1n) is 6.71. The molecule has 0 aliphatic rings. The van der Waals surface area contributed by atoms with Crippen LogP contribution in [-0.2, 0) is 0 Å². The molecule has 1 N–H and O–H groups in total. The Labute approximate surface area is 124 Å². The van der Waals surface area contributed by atoms with Crippen molar-refractivity contribution in [2.75, 3.05) is 6.54 Å². The van der Waals surface area contributed by atoms with E-state index in [4.69, 9.17) is 11.6 Å². The Bertz CT molecular complexity index is 560. The van der Waals surface area contributed by atoms with Crippen molar-refractivity contribution in [1.82, 2.24) is 10.3 Å². The van der Waals surface area contributed by atoms with E-state index in [2.05, 4.69) is 17.2 Å². The molecular weight excluding hydrogens is 275 g/mol. The summed E-state index contributed by atoms with van der Waals surface area (Å²) in [5.74, 6) is -0.118. The third-order valence-electron chi connectivity index (χ3n) is 3.45. The van der Waals surface area contributed by atoms with Crippen LogP contribution >= 0.6 is 11.6 Å². The minimum Gasteiger partial charge on any atom is -0.310 e. The van der Waals surface area contributed by atoms with E-state index >= 15 is 0 Å². The van der Waals surface area contributed by atoms with Crippen molar-refractivity contribution in [3.05, 3.63) is 64.7 Å². The molecule has 1 aromatic carbocycles. The quantitative estimate of drug-likeness (QED) is 0.887. The Kier molecular flexibility index (Phi) is 5.10. The molecule has 20 heavy (non-hydrogen) atoms. The lowest BCUT2D eigenvalue weighted by molar-refractivity contribution is 0.455. The van der Waals surface area contributed by atoms with Crippen LogP contribution in [0.15, 0.2) is 42.7 Å². The second-order valence-electron chi connectivity index (χ2n) is 4.77. The van der Waals surface area contributed by atoms with Crippen LogP contribution in [-0.4, -0.2) is 11.5 Å². The predicted octanol–water partition coefficient (Wildman–Crippen LogP) is 4.33. The van der Waals surface area contributed by atoms with Crippen molar-refractivity contribution in [1.29, 1.82) is 0 Å². The van der Waals surface area contributed by atoms with E-state index in [0.717, 1.165) is 12.1 Å². The molecule has 0 aliphatic carbocycles. The maximum Gasteiger partial charge on any atom is 0.128 e. The summed E-state index contributed by atoms with van der Waals surface area (Å²) in [6.45, 7) is 4.84. The zero-order valence-electron chi connectivity index (χ0n) is 11.6. The molecule has 2 unspecified atom stereocenters. The van der Waals surface area contributed by atoms with E-state index in [1.54, 1.807) is 24.5 Å². The first kappa shape index (κ1) is 14.9. The summed E-state index contributed by atoms with van der Waals surface area (Å²) in [5, 5.41) is 3.89. The van der Waals surface area contributed by atoms with Crippen LogP contribution in [0.1, 0.15) is 36.9 Å². The Morgan fingerprint density at radius 1 is 1.25 bits per heavy atom. The first-order valence-corrected chi connectivity index (χ1v) is 7.09. The molecule has 0 aliphatic heterocycles. The molecule has 2 atom stereocenters. The Balaban J connectivity index is 2.38. The minimum absolute atomic E-state index is 0.117. The van der Waals surface area contributed by atoms with Crippen molar-refractivity contribution in [3.8, 4) is 0 Å². The fourth-order valence-corrected chi connectivity index (χ4v) is 2.57. The Hall–Kier alpha value is -1.45. The van der Waals surface area contributed by atoms with Gasteiger partial charge in [-0.3, -0.25) is 4.98 Å². The zero-order chi connectivity index (χ0) is 14.5. The summed E-state index contributed by atoms with van der Waals surface area (Å²) in [6.07, 6.45) is 3.51. The molecule has 1 aromatic heterocycles. The number of aromatic nitrogens is 1. The topological polar surface area (TPSA) is 24.9 Å². The summed E-state index contributed by atoms with van der Waals surface area (Å²) in [6, 6.07) is 8.47. The molecule has 0 saturated carbocycles. The summed E-state index contributed by atoms with van der Waals surface area (Å²) in [7, 11) is 0. The van der Waals surface area contributed by atoms with Crippen LogP contribution in [0.5, 0.6) is 0 Å². The highest BCUT2D eigenvalue weighted by atomic mass is 35.5. The third kappa shape index (κ3) is 3.35. The van der Waals surface area contributed by atoms with Gasteiger partial charge in [-0.1, -0.05) is 25.4 Å². The van der Waals surface area contributed by atoms with Gasteiger partial charge >= 0.3 is 0 Å².